The molecule has 0 spiro atoms. The van der Waals surface area contributed by atoms with Gasteiger partial charge >= 0.3 is 0 Å². The molecule has 38 heavy (non-hydrogen) atoms. The Morgan fingerprint density at radius 2 is 1.82 bits per heavy atom. The highest BCUT2D eigenvalue weighted by Gasteiger charge is 2.31. The molecule has 1 aromatic carbocycles. The van der Waals surface area contributed by atoms with Crippen LogP contribution in [0.15, 0.2) is 18.2 Å². The molecule has 0 aliphatic carbocycles. The van der Waals surface area contributed by atoms with Crippen LogP contribution in [-0.2, 0) is 22.4 Å². The van der Waals surface area contributed by atoms with Gasteiger partial charge in [0.25, 0.3) is 0 Å². The molecule has 1 aromatic rings. The summed E-state index contributed by atoms with van der Waals surface area (Å²) in [7, 11) is 3.46. The number of hydrogen-bond acceptors (Lipinski definition) is 6. The second-order valence-electron chi connectivity index (χ2n) is 11.9. The zero-order chi connectivity index (χ0) is 28.1. The van der Waals surface area contributed by atoms with E-state index in [2.05, 4.69) is 56.5 Å². The monoisotopic (exact) mass is 533 g/mol. The quantitative estimate of drug-likeness (QED) is 0.225. The summed E-state index contributed by atoms with van der Waals surface area (Å²) in [4.78, 5) is 13.1. The number of piperidine rings is 1. The third-order valence-corrected chi connectivity index (χ3v) is 8.22. The van der Waals surface area contributed by atoms with Crippen LogP contribution in [0.5, 0.6) is 5.75 Å². The standard InChI is InChI=1S/C31H55N3O4/c1-21(2)25(18-23-10-11-30(38-6)24(17-23)9-7-8-16-37-5)19-28(32)29(35)20-27(22(3)4)31(36)34-26-12-14-33-15-13-26/h10-11,17,21-22,25-29,33,35H,7-9,12-16,18-20,32H2,1-6H3,(H,34,36). The van der Waals surface area contributed by atoms with E-state index in [-0.39, 0.29) is 29.8 Å². The van der Waals surface area contributed by atoms with E-state index >= 15 is 0 Å². The van der Waals surface area contributed by atoms with Gasteiger partial charge in [0.1, 0.15) is 5.75 Å². The predicted octanol–water partition coefficient (Wildman–Crippen LogP) is 4.09. The lowest BCUT2D eigenvalue weighted by atomic mass is 9.80. The van der Waals surface area contributed by atoms with Gasteiger partial charge in [-0.2, -0.15) is 0 Å². The van der Waals surface area contributed by atoms with Crippen molar-refractivity contribution in [1.29, 1.82) is 0 Å². The Labute approximate surface area is 231 Å². The number of carbonyl (C=O) groups excluding carboxylic acids is 1. The first-order chi connectivity index (χ1) is 18.2. The molecule has 2 rings (SSSR count). The summed E-state index contributed by atoms with van der Waals surface area (Å²) in [5.41, 5.74) is 9.09. The number of methoxy groups -OCH3 is 2. The normalized spacial score (nSPS) is 17.8. The van der Waals surface area contributed by atoms with Crippen LogP contribution in [0.4, 0.5) is 0 Å². The molecule has 0 radical (unpaired) electrons. The van der Waals surface area contributed by atoms with Crippen molar-refractivity contribution >= 4 is 5.91 Å². The number of amides is 1. The van der Waals surface area contributed by atoms with Gasteiger partial charge in [0, 0.05) is 31.7 Å². The molecule has 4 atom stereocenters. The second-order valence-corrected chi connectivity index (χ2v) is 11.9. The number of hydrogen-bond donors (Lipinski definition) is 4. The number of aryl methyl sites for hydroxylation is 1. The van der Waals surface area contributed by atoms with E-state index in [1.807, 2.05) is 0 Å². The van der Waals surface area contributed by atoms with Gasteiger partial charge in [-0.3, -0.25) is 4.79 Å². The zero-order valence-electron chi connectivity index (χ0n) is 24.8. The zero-order valence-corrected chi connectivity index (χ0v) is 24.8. The molecule has 7 heteroatoms. The van der Waals surface area contributed by atoms with Gasteiger partial charge in [-0.15, -0.1) is 0 Å². The largest absolute Gasteiger partial charge is 0.496 e. The summed E-state index contributed by atoms with van der Waals surface area (Å²) >= 11 is 0. The van der Waals surface area contributed by atoms with Gasteiger partial charge in [0.05, 0.1) is 13.2 Å². The molecule has 0 saturated carbocycles. The van der Waals surface area contributed by atoms with Crippen molar-refractivity contribution in [2.75, 3.05) is 33.9 Å². The molecule has 218 valence electrons. The maximum atomic E-state index is 13.1. The van der Waals surface area contributed by atoms with E-state index in [1.54, 1.807) is 14.2 Å². The van der Waals surface area contributed by atoms with Crippen LogP contribution in [0.25, 0.3) is 0 Å². The molecule has 1 amide bonds. The van der Waals surface area contributed by atoms with E-state index in [0.29, 0.717) is 18.3 Å². The molecule has 1 aliphatic rings. The number of ether oxygens (including phenoxy) is 2. The minimum absolute atomic E-state index is 0.0508. The van der Waals surface area contributed by atoms with E-state index in [4.69, 9.17) is 15.2 Å². The molecule has 1 heterocycles. The molecule has 4 unspecified atom stereocenters. The van der Waals surface area contributed by atoms with Crippen molar-refractivity contribution in [2.45, 2.75) is 97.2 Å². The maximum absolute atomic E-state index is 13.1. The highest BCUT2D eigenvalue weighted by atomic mass is 16.5. The van der Waals surface area contributed by atoms with Crippen LogP contribution in [0.1, 0.15) is 77.3 Å². The van der Waals surface area contributed by atoms with Crippen LogP contribution in [0, 0.1) is 23.7 Å². The Morgan fingerprint density at radius 3 is 2.42 bits per heavy atom. The molecule has 1 aliphatic heterocycles. The molecular weight excluding hydrogens is 478 g/mol. The average Bonchev–Trinajstić information content (AvgIpc) is 2.89. The first kappa shape index (κ1) is 32.5. The lowest BCUT2D eigenvalue weighted by Gasteiger charge is -2.31. The number of nitrogens with two attached hydrogens (primary N) is 1. The summed E-state index contributed by atoms with van der Waals surface area (Å²) in [6, 6.07) is 6.33. The third-order valence-electron chi connectivity index (χ3n) is 8.22. The molecule has 7 nitrogen and oxygen atoms in total. The van der Waals surface area contributed by atoms with Crippen LogP contribution >= 0.6 is 0 Å². The predicted molar refractivity (Wildman–Crippen MR) is 155 cm³/mol. The van der Waals surface area contributed by atoms with Gasteiger partial charge in [-0.05, 0) is 99.4 Å². The first-order valence-corrected chi connectivity index (χ1v) is 14.8. The second kappa shape index (κ2) is 17.1. The van der Waals surface area contributed by atoms with Crippen molar-refractivity contribution in [3.05, 3.63) is 29.3 Å². The van der Waals surface area contributed by atoms with Gasteiger partial charge in [-0.25, -0.2) is 0 Å². The van der Waals surface area contributed by atoms with Crippen molar-refractivity contribution < 1.29 is 19.4 Å². The summed E-state index contributed by atoms with van der Waals surface area (Å²) in [6.07, 6.45) is 6.25. The van der Waals surface area contributed by atoms with Gasteiger partial charge in [-0.1, -0.05) is 39.8 Å². The summed E-state index contributed by atoms with van der Waals surface area (Å²) in [5, 5.41) is 17.7. The third kappa shape index (κ3) is 10.8. The van der Waals surface area contributed by atoms with E-state index in [0.717, 1.165) is 70.4 Å². The topological polar surface area (TPSA) is 106 Å². The number of carbonyl (C=O) groups is 1. The van der Waals surface area contributed by atoms with Crippen molar-refractivity contribution in [3.63, 3.8) is 0 Å². The van der Waals surface area contributed by atoms with Crippen LogP contribution in [0.3, 0.4) is 0 Å². The first-order valence-electron chi connectivity index (χ1n) is 14.8. The number of benzene rings is 1. The number of rotatable bonds is 17. The SMILES string of the molecule is COCCCCc1cc(CC(CC(N)C(O)CC(C(=O)NC2CCNCC2)C(C)C)C(C)C)ccc1OC. The van der Waals surface area contributed by atoms with E-state index in [9.17, 15) is 9.90 Å². The lowest BCUT2D eigenvalue weighted by molar-refractivity contribution is -0.128. The summed E-state index contributed by atoms with van der Waals surface area (Å²) in [5.74, 6) is 1.63. The Hall–Kier alpha value is -1.67. The highest BCUT2D eigenvalue weighted by molar-refractivity contribution is 5.79. The molecule has 0 bridgehead atoms. The lowest BCUT2D eigenvalue weighted by Crippen LogP contribution is -2.47. The molecular formula is C31H55N3O4. The fraction of sp³-hybridized carbons (Fsp3) is 0.774. The minimum atomic E-state index is -0.713. The van der Waals surface area contributed by atoms with Crippen LogP contribution < -0.4 is 21.1 Å². The minimum Gasteiger partial charge on any atom is -0.496 e. The number of nitrogens with one attached hydrogen (secondary N) is 2. The fourth-order valence-electron chi connectivity index (χ4n) is 5.51. The van der Waals surface area contributed by atoms with Crippen LogP contribution in [0.2, 0.25) is 0 Å². The Balaban J connectivity index is 2.00. The number of aliphatic hydroxyl groups excluding tert-OH is 1. The van der Waals surface area contributed by atoms with Gasteiger partial charge < -0.3 is 30.9 Å². The fourth-order valence-corrected chi connectivity index (χ4v) is 5.51. The van der Waals surface area contributed by atoms with Gasteiger partial charge in [0.2, 0.25) is 5.91 Å². The number of aliphatic hydroxyl groups is 1. The van der Waals surface area contributed by atoms with Crippen molar-refractivity contribution in [1.82, 2.24) is 10.6 Å². The van der Waals surface area contributed by atoms with Crippen molar-refractivity contribution in [2.24, 2.45) is 29.4 Å². The number of unbranched alkanes of at least 4 members (excludes halogenated alkanes) is 1. The molecule has 0 aromatic heterocycles. The summed E-state index contributed by atoms with van der Waals surface area (Å²) in [6.45, 7) is 11.2. The van der Waals surface area contributed by atoms with E-state index < -0.39 is 6.10 Å². The van der Waals surface area contributed by atoms with Crippen molar-refractivity contribution in [3.8, 4) is 5.75 Å². The maximum Gasteiger partial charge on any atom is 0.223 e. The molecule has 1 fully saturated rings. The van der Waals surface area contributed by atoms with Gasteiger partial charge in [0.15, 0.2) is 0 Å². The van der Waals surface area contributed by atoms with Crippen LogP contribution in [-0.4, -0.2) is 63.1 Å². The Kier molecular flexibility index (Phi) is 14.7. The van der Waals surface area contributed by atoms with E-state index in [1.165, 1.54) is 11.1 Å². The summed E-state index contributed by atoms with van der Waals surface area (Å²) < 4.78 is 10.8. The smallest absolute Gasteiger partial charge is 0.223 e. The Bertz CT molecular complexity index is 810. The Morgan fingerprint density at radius 1 is 1.11 bits per heavy atom. The average molecular weight is 534 g/mol. The molecule has 5 N–H and O–H groups in total. The molecule has 1 saturated heterocycles. The highest BCUT2D eigenvalue weighted by Crippen LogP contribution is 2.29.